The van der Waals surface area contributed by atoms with Crippen molar-refractivity contribution >= 4 is 99.4 Å². The second-order valence-electron chi connectivity index (χ2n) is 22.0. The highest BCUT2D eigenvalue weighted by molar-refractivity contribution is 7.80. The zero-order valence-corrected chi connectivity index (χ0v) is 52.0. The number of esters is 1. The molecule has 10 rings (SSSR count). The molecule has 1 spiro atoms. The molecule has 16 N–H and O–H groups in total. The van der Waals surface area contributed by atoms with Crippen molar-refractivity contribution in [3.05, 3.63) is 155 Å². The van der Waals surface area contributed by atoms with E-state index >= 15 is 0 Å². The minimum absolute atomic E-state index is 0.0452. The number of nitrogens with one attached hydrogen (secondary N) is 8. The number of phenolic OH excluding ortho intramolecular Hbond substituents is 2. The summed E-state index contributed by atoms with van der Waals surface area (Å²) in [6.07, 6.45) is 0.474. The molecule has 0 fully saturated rings. The van der Waals surface area contributed by atoms with Gasteiger partial charge in [0.05, 0.1) is 35.9 Å². The van der Waals surface area contributed by atoms with E-state index in [9.17, 15) is 73.8 Å². The molecule has 506 valence electrons. The number of carboxylic acid groups (broad SMARTS) is 3. The number of thiocarbonyl (C=S) groups is 1. The number of nitrogens with zero attached hydrogens (tertiary/aromatic N) is 7. The Labute approximate surface area is 558 Å². The number of fused-ring (bicyclic) bond motifs is 7. The van der Waals surface area contributed by atoms with Crippen LogP contribution in [0.1, 0.15) is 98.4 Å². The largest absolute Gasteiger partial charge is 0.508 e. The van der Waals surface area contributed by atoms with Crippen LogP contribution >= 0.6 is 12.2 Å². The molecule has 3 atom stereocenters. The van der Waals surface area contributed by atoms with Crippen LogP contribution in [0, 0.1) is 0 Å². The van der Waals surface area contributed by atoms with Crippen LogP contribution in [-0.4, -0.2) is 162 Å². The average molecular weight is 1360 g/mol. The van der Waals surface area contributed by atoms with Crippen molar-refractivity contribution in [1.29, 1.82) is 0 Å². The van der Waals surface area contributed by atoms with Crippen LogP contribution in [0.5, 0.6) is 34.8 Å². The van der Waals surface area contributed by atoms with Crippen molar-refractivity contribution in [2.45, 2.75) is 75.2 Å². The molecule has 35 heteroatoms. The second-order valence-corrected chi connectivity index (χ2v) is 22.4. The summed E-state index contributed by atoms with van der Waals surface area (Å²) in [5, 5.41) is 89.1. The Morgan fingerprint density at radius 1 is 0.643 bits per heavy atom. The minimum atomic E-state index is -1.61. The molecule has 5 aromatic carbocycles. The Kier molecular flexibility index (Phi) is 20.9. The van der Waals surface area contributed by atoms with E-state index in [1.165, 1.54) is 77.7 Å². The monoisotopic (exact) mass is 1360 g/mol. The van der Waals surface area contributed by atoms with E-state index in [1.807, 2.05) is 0 Å². The number of unbranched alkanes of at least 4 members (excludes halogenated alkanes) is 1. The molecule has 2 aliphatic heterocycles. The Hall–Kier alpha value is -12.8. The fourth-order valence-corrected chi connectivity index (χ4v) is 10.7. The van der Waals surface area contributed by atoms with Crippen LogP contribution < -0.4 is 57.7 Å². The van der Waals surface area contributed by atoms with Crippen LogP contribution in [0.4, 0.5) is 22.1 Å². The van der Waals surface area contributed by atoms with Crippen molar-refractivity contribution < 1.29 is 88.0 Å². The van der Waals surface area contributed by atoms with Gasteiger partial charge in [-0.1, -0.05) is 16.4 Å². The molecular weight excluding hydrogens is 1300 g/mol. The van der Waals surface area contributed by atoms with Crippen LogP contribution in [0.25, 0.3) is 16.9 Å². The van der Waals surface area contributed by atoms with Gasteiger partial charge >= 0.3 is 30.0 Å². The van der Waals surface area contributed by atoms with Gasteiger partial charge in [0.2, 0.25) is 23.6 Å². The molecule has 0 unspecified atom stereocenters. The van der Waals surface area contributed by atoms with E-state index < -0.39 is 109 Å². The lowest BCUT2D eigenvalue weighted by atomic mass is 9.77. The van der Waals surface area contributed by atoms with E-state index in [-0.39, 0.29) is 107 Å². The summed E-state index contributed by atoms with van der Waals surface area (Å²) in [5.41, 5.74) is 8.15. The normalized spacial score (nSPS) is 13.1. The highest BCUT2D eigenvalue weighted by Crippen LogP contribution is 2.57. The number of rotatable bonds is 28. The van der Waals surface area contributed by atoms with Crippen LogP contribution in [0.3, 0.4) is 0 Å². The molecule has 0 saturated carbocycles. The number of amides is 5. The molecular formula is C63H60N16O18S. The standard InChI is InChI=1S/C63H60N16O18S/c64-60-75-52-51(55(86)76-60)70-35(29-69-52)28-68-33-8-4-32(5-9-33)54(85)74-45(58(91)92)19-21-49(83)73-44(57(89)90)18-20-48(82)72-43(56(87)88)3-1-2-22-65-53(84)31-6-11-36(12-7-31)79-30-50(77-78-79)96-62(94)67-24-23-66-61(98)71-34-10-15-40-39(25-34)59(93)97-63(40)41-16-13-37(80)26-46(41)95-47-27-38(81)14-17-42(47)63/h4-17,25-27,29-30,43-45,68,80-81H,1-3,18-24,28H2,(H,65,84)(H,67,94)(H,72,82)(H,73,83)(H,74,85)(H,87,88)(H,89,90)(H,91,92)(H2,66,71,98)(H3,64,69,75,76,86)/t43-,44-,45-/m0/s1. The smallest absolute Gasteiger partial charge is 0.414 e. The molecule has 34 nitrogen and oxygen atoms in total. The number of phenols is 2. The Morgan fingerprint density at radius 2 is 1.23 bits per heavy atom. The lowest BCUT2D eigenvalue weighted by Gasteiger charge is -2.36. The number of aromatic nitrogens is 7. The molecule has 0 radical (unpaired) electrons. The van der Waals surface area contributed by atoms with Gasteiger partial charge in [-0.25, -0.2) is 38.6 Å². The Balaban J connectivity index is 0.589. The van der Waals surface area contributed by atoms with E-state index in [2.05, 4.69) is 72.8 Å². The minimum Gasteiger partial charge on any atom is -0.508 e. The summed E-state index contributed by atoms with van der Waals surface area (Å²) in [4.78, 5) is 130. The summed E-state index contributed by atoms with van der Waals surface area (Å²) < 4.78 is 18.7. The lowest BCUT2D eigenvalue weighted by molar-refractivity contribution is -0.143. The molecule has 3 aromatic heterocycles. The van der Waals surface area contributed by atoms with Crippen molar-refractivity contribution in [3.63, 3.8) is 0 Å². The number of carbonyl (C=O) groups is 9. The second kappa shape index (κ2) is 30.1. The van der Waals surface area contributed by atoms with E-state index in [0.29, 0.717) is 45.9 Å². The first kappa shape index (κ1) is 68.1. The molecule has 98 heavy (non-hydrogen) atoms. The first-order chi connectivity index (χ1) is 47.0. The maximum Gasteiger partial charge on any atom is 0.414 e. The molecule has 0 saturated heterocycles. The molecule has 8 aromatic rings. The molecule has 0 aliphatic carbocycles. The lowest BCUT2D eigenvalue weighted by Crippen LogP contribution is -2.45. The van der Waals surface area contributed by atoms with Gasteiger partial charge in [-0.15, -0.1) is 0 Å². The third-order valence-corrected chi connectivity index (χ3v) is 15.5. The van der Waals surface area contributed by atoms with Crippen LogP contribution in [0.15, 0.2) is 116 Å². The van der Waals surface area contributed by atoms with Gasteiger partial charge < -0.3 is 93.1 Å². The third-order valence-electron chi connectivity index (χ3n) is 15.2. The van der Waals surface area contributed by atoms with Crippen molar-refractivity contribution in [2.75, 3.05) is 36.0 Å². The summed E-state index contributed by atoms with van der Waals surface area (Å²) in [6, 6.07) is 21.4. The maximum absolute atomic E-state index is 13.5. The van der Waals surface area contributed by atoms with E-state index in [4.69, 9.17) is 32.2 Å². The number of hydrogen-bond donors (Lipinski definition) is 15. The maximum atomic E-state index is 13.5. The van der Waals surface area contributed by atoms with Gasteiger partial charge in [-0.3, -0.25) is 19.2 Å². The summed E-state index contributed by atoms with van der Waals surface area (Å²) in [5.74, 6) is -8.33. The number of aromatic hydroxyl groups is 3. The van der Waals surface area contributed by atoms with E-state index in [0.717, 1.165) is 0 Å². The van der Waals surface area contributed by atoms with E-state index in [1.54, 1.807) is 42.5 Å². The number of carboxylic acids is 3. The quantitative estimate of drug-likeness (QED) is 0.0190. The fraction of sp³-hybridized carbons (Fsp3) is 0.238. The summed E-state index contributed by atoms with van der Waals surface area (Å²) >= 11 is 5.46. The number of hydrogen-bond acceptors (Lipinski definition) is 24. The number of anilines is 3. The molecule has 2 aliphatic rings. The van der Waals surface area contributed by atoms with Crippen LogP contribution in [0.2, 0.25) is 0 Å². The van der Waals surface area contributed by atoms with Gasteiger partial charge in [-0.2, -0.15) is 9.97 Å². The highest BCUT2D eigenvalue weighted by Gasteiger charge is 2.54. The van der Waals surface area contributed by atoms with Crippen molar-refractivity contribution in [1.82, 2.24) is 66.8 Å². The predicted octanol–water partition coefficient (Wildman–Crippen LogP) is 3.44. The van der Waals surface area contributed by atoms with Gasteiger partial charge in [0.1, 0.15) is 41.1 Å². The number of nitrogens with two attached hydrogens (primary N) is 1. The van der Waals surface area contributed by atoms with Gasteiger partial charge in [0.25, 0.3) is 17.7 Å². The Bertz CT molecular complexity index is 4390. The number of nitrogen functional groups attached to an aromatic ring is 1. The average Bonchev–Trinajstić information content (AvgIpc) is 1.33. The van der Waals surface area contributed by atoms with Gasteiger partial charge in [0, 0.05) is 83.8 Å². The topological polar surface area (TPSA) is 507 Å². The number of benzene rings is 5. The van der Waals surface area contributed by atoms with Gasteiger partial charge in [-0.05, 0) is 129 Å². The number of aliphatic carboxylic acids is 3. The Morgan fingerprint density at radius 3 is 1.89 bits per heavy atom. The third kappa shape index (κ3) is 16.4. The first-order valence-corrected chi connectivity index (χ1v) is 30.3. The zero-order chi connectivity index (χ0) is 69.8. The van der Waals surface area contributed by atoms with Crippen molar-refractivity contribution in [3.8, 4) is 40.4 Å². The molecule has 0 bridgehead atoms. The highest BCUT2D eigenvalue weighted by atomic mass is 32.1. The van der Waals surface area contributed by atoms with Gasteiger partial charge in [0.15, 0.2) is 21.9 Å². The first-order valence-electron chi connectivity index (χ1n) is 29.9. The number of ether oxygens (including phenoxy) is 3. The SMILES string of the molecule is Nc1nc(O)c2nc(CNc3ccc(C(=O)N[C@@H](CCC(=O)N[C@@H](CCC(=O)N[C@@H](CCCCNC(=O)c4ccc(-n5cc(OC(=O)NCCNC(=S)Nc6ccc7c(c6)C(=O)OC76c7ccc(O)cc7Oc7cc(O)ccc76)nn5)cc4)C(=O)O)C(=O)O)C(=O)O)cc3)cnc2n1. The van der Waals surface area contributed by atoms with Crippen LogP contribution in [-0.2, 0) is 40.9 Å². The fourth-order valence-electron chi connectivity index (χ4n) is 10.5. The van der Waals surface area contributed by atoms with Crippen molar-refractivity contribution in [2.24, 2.45) is 0 Å². The summed E-state index contributed by atoms with van der Waals surface area (Å²) in [7, 11) is 0. The molecule has 5 heterocycles. The molecule has 5 amide bonds. The predicted molar refractivity (Wildman–Crippen MR) is 345 cm³/mol. The zero-order valence-electron chi connectivity index (χ0n) is 51.2. The summed E-state index contributed by atoms with van der Waals surface area (Å²) in [6.45, 7) is 0.495. The number of carbonyl (C=O) groups excluding carboxylic acids is 6.